The van der Waals surface area contributed by atoms with Crippen molar-refractivity contribution in [3.05, 3.63) is 109 Å². The molecular weight excluding hydrogens is 336 g/mol. The van der Waals surface area contributed by atoms with Crippen molar-refractivity contribution in [3.63, 3.8) is 0 Å². The molecule has 0 spiro atoms. The first-order valence-corrected chi connectivity index (χ1v) is 9.71. The molecule has 0 bridgehead atoms. The monoisotopic (exact) mass is 354 g/mol. The molecule has 0 aliphatic heterocycles. The van der Waals surface area contributed by atoms with E-state index in [4.69, 9.17) is 0 Å². The van der Waals surface area contributed by atoms with Gasteiger partial charge in [0.1, 0.15) is 0 Å². The minimum absolute atomic E-state index is 1.28. The number of fused-ring (bicyclic) bond motifs is 5. The summed E-state index contributed by atoms with van der Waals surface area (Å²) in [6, 6.07) is 39.7. The molecule has 0 saturated heterocycles. The van der Waals surface area contributed by atoms with Gasteiger partial charge in [-0.2, -0.15) is 0 Å². The fourth-order valence-electron chi connectivity index (χ4n) is 4.48. The van der Waals surface area contributed by atoms with Gasteiger partial charge in [-0.1, -0.05) is 97.1 Å². The van der Waals surface area contributed by atoms with Crippen molar-refractivity contribution >= 4 is 43.1 Å². The SMILES string of the molecule is c1ccc2cc3c(ccc4c(-c5cccc6ccccc56)cccc43)cc2c1. The fraction of sp³-hybridized carbons (Fsp3) is 0. The summed E-state index contributed by atoms with van der Waals surface area (Å²) in [4.78, 5) is 0. The Kier molecular flexibility index (Phi) is 3.27. The van der Waals surface area contributed by atoms with Crippen molar-refractivity contribution in [3.8, 4) is 11.1 Å². The van der Waals surface area contributed by atoms with Crippen LogP contribution in [0.2, 0.25) is 0 Å². The molecule has 0 radical (unpaired) electrons. The van der Waals surface area contributed by atoms with E-state index in [2.05, 4.69) is 109 Å². The summed E-state index contributed by atoms with van der Waals surface area (Å²) in [5.41, 5.74) is 2.59. The van der Waals surface area contributed by atoms with Crippen molar-refractivity contribution in [2.75, 3.05) is 0 Å². The lowest BCUT2D eigenvalue weighted by Crippen LogP contribution is -1.85. The average molecular weight is 354 g/mol. The second kappa shape index (κ2) is 5.94. The molecular formula is C28H18. The molecule has 0 unspecified atom stereocenters. The van der Waals surface area contributed by atoms with Crippen LogP contribution in [-0.4, -0.2) is 0 Å². The molecule has 0 saturated carbocycles. The second-order valence-corrected chi connectivity index (χ2v) is 7.41. The molecule has 28 heavy (non-hydrogen) atoms. The molecule has 6 aromatic carbocycles. The van der Waals surface area contributed by atoms with Crippen molar-refractivity contribution < 1.29 is 0 Å². The second-order valence-electron chi connectivity index (χ2n) is 7.41. The quantitative estimate of drug-likeness (QED) is 0.207. The lowest BCUT2D eigenvalue weighted by Gasteiger charge is -2.12. The van der Waals surface area contributed by atoms with Crippen LogP contribution in [0.25, 0.3) is 54.2 Å². The standard InChI is InChI=1S/C28H18/c1-2-9-21-18-28-22(17-20(21)8-1)15-16-27-25(13-6-14-26(27)28)24-12-5-10-19-7-3-4-11-23(19)24/h1-18H. The summed E-state index contributed by atoms with van der Waals surface area (Å²) in [7, 11) is 0. The van der Waals surface area contributed by atoms with Crippen molar-refractivity contribution in [2.45, 2.75) is 0 Å². The summed E-state index contributed by atoms with van der Waals surface area (Å²) in [6.45, 7) is 0. The largest absolute Gasteiger partial charge is 0.0616 e. The Morgan fingerprint density at radius 2 is 0.893 bits per heavy atom. The van der Waals surface area contributed by atoms with Crippen LogP contribution in [0.4, 0.5) is 0 Å². The molecule has 0 amide bonds. The first-order chi connectivity index (χ1) is 13.9. The van der Waals surface area contributed by atoms with Crippen LogP contribution in [0, 0.1) is 0 Å². The Labute approximate surface area is 163 Å². The van der Waals surface area contributed by atoms with Gasteiger partial charge in [0.15, 0.2) is 0 Å². The zero-order valence-corrected chi connectivity index (χ0v) is 15.4. The Hall–Kier alpha value is -3.64. The number of hydrogen-bond acceptors (Lipinski definition) is 0. The van der Waals surface area contributed by atoms with Gasteiger partial charge in [-0.05, 0) is 66.3 Å². The van der Waals surface area contributed by atoms with Crippen molar-refractivity contribution in [2.24, 2.45) is 0 Å². The average Bonchev–Trinajstić information content (AvgIpc) is 2.77. The van der Waals surface area contributed by atoms with E-state index in [-0.39, 0.29) is 0 Å². The maximum atomic E-state index is 2.33. The molecule has 0 aliphatic rings. The van der Waals surface area contributed by atoms with Crippen LogP contribution in [-0.2, 0) is 0 Å². The van der Waals surface area contributed by atoms with Gasteiger partial charge in [0.2, 0.25) is 0 Å². The highest BCUT2D eigenvalue weighted by Crippen LogP contribution is 2.37. The molecule has 0 atom stereocenters. The van der Waals surface area contributed by atoms with Gasteiger partial charge >= 0.3 is 0 Å². The zero-order chi connectivity index (χ0) is 18.5. The van der Waals surface area contributed by atoms with E-state index >= 15 is 0 Å². The van der Waals surface area contributed by atoms with Crippen molar-refractivity contribution in [1.29, 1.82) is 0 Å². The van der Waals surface area contributed by atoms with E-state index in [1.807, 2.05) is 0 Å². The van der Waals surface area contributed by atoms with E-state index in [1.165, 1.54) is 54.2 Å². The lowest BCUT2D eigenvalue weighted by atomic mass is 9.91. The van der Waals surface area contributed by atoms with E-state index in [1.54, 1.807) is 0 Å². The smallest absolute Gasteiger partial charge is 0.00987 e. The van der Waals surface area contributed by atoms with Crippen LogP contribution >= 0.6 is 0 Å². The van der Waals surface area contributed by atoms with E-state index in [0.717, 1.165) is 0 Å². The Bertz CT molecular complexity index is 1500. The van der Waals surface area contributed by atoms with E-state index in [9.17, 15) is 0 Å². The first-order valence-electron chi connectivity index (χ1n) is 9.71. The van der Waals surface area contributed by atoms with E-state index < -0.39 is 0 Å². The van der Waals surface area contributed by atoms with E-state index in [0.29, 0.717) is 0 Å². The highest BCUT2D eigenvalue weighted by atomic mass is 14.1. The fourth-order valence-corrected chi connectivity index (χ4v) is 4.48. The molecule has 0 heterocycles. The van der Waals surface area contributed by atoms with Crippen LogP contribution in [0.15, 0.2) is 109 Å². The highest BCUT2D eigenvalue weighted by molar-refractivity contribution is 6.16. The summed E-state index contributed by atoms with van der Waals surface area (Å²) >= 11 is 0. The minimum atomic E-state index is 1.28. The van der Waals surface area contributed by atoms with Gasteiger partial charge in [0.05, 0.1) is 0 Å². The summed E-state index contributed by atoms with van der Waals surface area (Å²) < 4.78 is 0. The molecule has 0 heteroatoms. The van der Waals surface area contributed by atoms with Gasteiger partial charge < -0.3 is 0 Å². The lowest BCUT2D eigenvalue weighted by molar-refractivity contribution is 1.69. The third kappa shape index (κ3) is 2.25. The third-order valence-corrected chi connectivity index (χ3v) is 5.82. The maximum absolute atomic E-state index is 2.33. The summed E-state index contributed by atoms with van der Waals surface area (Å²) in [5.74, 6) is 0. The topological polar surface area (TPSA) is 0 Å². The van der Waals surface area contributed by atoms with Crippen LogP contribution < -0.4 is 0 Å². The molecule has 6 aromatic rings. The molecule has 130 valence electrons. The predicted octanol–water partition coefficient (Wildman–Crippen LogP) is 7.97. The Morgan fingerprint density at radius 1 is 0.286 bits per heavy atom. The molecule has 0 nitrogen and oxygen atoms in total. The van der Waals surface area contributed by atoms with Crippen molar-refractivity contribution in [1.82, 2.24) is 0 Å². The third-order valence-electron chi connectivity index (χ3n) is 5.82. The Morgan fingerprint density at radius 3 is 1.75 bits per heavy atom. The summed E-state index contributed by atoms with van der Waals surface area (Å²) in [5, 5.41) is 10.4. The number of benzene rings is 6. The molecule has 6 rings (SSSR count). The van der Waals surface area contributed by atoms with Gasteiger partial charge in [0, 0.05) is 0 Å². The van der Waals surface area contributed by atoms with Gasteiger partial charge in [-0.15, -0.1) is 0 Å². The molecule has 0 aromatic heterocycles. The molecule has 0 fully saturated rings. The van der Waals surface area contributed by atoms with Gasteiger partial charge in [-0.3, -0.25) is 0 Å². The molecule has 0 aliphatic carbocycles. The van der Waals surface area contributed by atoms with Gasteiger partial charge in [0.25, 0.3) is 0 Å². The highest BCUT2D eigenvalue weighted by Gasteiger charge is 2.10. The van der Waals surface area contributed by atoms with Crippen LogP contribution in [0.3, 0.4) is 0 Å². The van der Waals surface area contributed by atoms with Gasteiger partial charge in [-0.25, -0.2) is 0 Å². The zero-order valence-electron chi connectivity index (χ0n) is 15.4. The van der Waals surface area contributed by atoms with Crippen LogP contribution in [0.5, 0.6) is 0 Å². The summed E-state index contributed by atoms with van der Waals surface area (Å²) in [6.07, 6.45) is 0. The normalized spacial score (nSPS) is 11.6. The predicted molar refractivity (Wildman–Crippen MR) is 122 cm³/mol. The van der Waals surface area contributed by atoms with Crippen LogP contribution in [0.1, 0.15) is 0 Å². The maximum Gasteiger partial charge on any atom is -0.00987 e. The Balaban J connectivity index is 1.72. The molecule has 0 N–H and O–H groups in total. The minimum Gasteiger partial charge on any atom is -0.0616 e. The number of hydrogen-bond donors (Lipinski definition) is 0. The number of rotatable bonds is 1. The first kappa shape index (κ1) is 15.4.